The van der Waals surface area contributed by atoms with Crippen molar-refractivity contribution in [3.63, 3.8) is 0 Å². The molecule has 1 saturated carbocycles. The molecule has 0 bridgehead atoms. The Morgan fingerprint density at radius 3 is 2.56 bits per heavy atom. The lowest BCUT2D eigenvalue weighted by Crippen LogP contribution is -2.24. The molecule has 0 radical (unpaired) electrons. The number of rotatable bonds is 3. The van der Waals surface area contributed by atoms with Crippen LogP contribution in [0.25, 0.3) is 0 Å². The van der Waals surface area contributed by atoms with Crippen molar-refractivity contribution < 1.29 is 0 Å². The van der Waals surface area contributed by atoms with E-state index < -0.39 is 0 Å². The fraction of sp³-hybridized carbons (Fsp3) is 0.538. The first kappa shape index (κ1) is 12.2. The predicted molar refractivity (Wildman–Crippen MR) is 70.2 cm³/mol. The molecule has 3 heteroatoms. The zero-order valence-corrected chi connectivity index (χ0v) is 11.4. The van der Waals surface area contributed by atoms with Crippen molar-refractivity contribution >= 4 is 23.2 Å². The SMILES string of the molecule is CC(NC1CC1(C)C)c1cc(Cl)ccc1Cl. The van der Waals surface area contributed by atoms with Gasteiger partial charge in [0.05, 0.1) is 0 Å². The van der Waals surface area contributed by atoms with E-state index in [0.717, 1.165) is 15.6 Å². The molecule has 88 valence electrons. The average molecular weight is 258 g/mol. The average Bonchev–Trinajstić information content (AvgIpc) is 2.77. The minimum atomic E-state index is 0.248. The van der Waals surface area contributed by atoms with E-state index in [4.69, 9.17) is 23.2 Å². The lowest BCUT2D eigenvalue weighted by atomic mass is 10.1. The second kappa shape index (κ2) is 4.21. The van der Waals surface area contributed by atoms with Gasteiger partial charge in [0.15, 0.2) is 0 Å². The third kappa shape index (κ3) is 2.53. The molecule has 0 spiro atoms. The highest BCUT2D eigenvalue weighted by Gasteiger charge is 2.46. The molecular weight excluding hydrogens is 241 g/mol. The van der Waals surface area contributed by atoms with Gasteiger partial charge in [0.1, 0.15) is 0 Å². The topological polar surface area (TPSA) is 12.0 Å². The van der Waals surface area contributed by atoms with Gasteiger partial charge in [0, 0.05) is 22.1 Å². The van der Waals surface area contributed by atoms with Crippen LogP contribution in [-0.4, -0.2) is 6.04 Å². The van der Waals surface area contributed by atoms with Crippen LogP contribution in [0.4, 0.5) is 0 Å². The van der Waals surface area contributed by atoms with E-state index in [1.54, 1.807) is 0 Å². The van der Waals surface area contributed by atoms with Gasteiger partial charge in [-0.15, -0.1) is 0 Å². The normalized spacial score (nSPS) is 24.2. The first-order chi connectivity index (χ1) is 7.40. The summed E-state index contributed by atoms with van der Waals surface area (Å²) < 4.78 is 0. The molecule has 0 heterocycles. The van der Waals surface area contributed by atoms with Crippen molar-refractivity contribution in [1.29, 1.82) is 0 Å². The monoisotopic (exact) mass is 257 g/mol. The lowest BCUT2D eigenvalue weighted by Gasteiger charge is -2.17. The molecule has 0 aliphatic heterocycles. The van der Waals surface area contributed by atoms with Gasteiger partial charge in [-0.05, 0) is 42.5 Å². The molecule has 2 atom stereocenters. The van der Waals surface area contributed by atoms with Gasteiger partial charge in [0.2, 0.25) is 0 Å². The van der Waals surface area contributed by atoms with E-state index >= 15 is 0 Å². The van der Waals surface area contributed by atoms with Crippen LogP contribution in [0.15, 0.2) is 18.2 Å². The Kier molecular flexibility index (Phi) is 3.22. The van der Waals surface area contributed by atoms with Gasteiger partial charge in [-0.2, -0.15) is 0 Å². The van der Waals surface area contributed by atoms with E-state index in [1.807, 2.05) is 18.2 Å². The van der Waals surface area contributed by atoms with Crippen molar-refractivity contribution in [3.05, 3.63) is 33.8 Å². The number of benzene rings is 1. The summed E-state index contributed by atoms with van der Waals surface area (Å²) in [6, 6.07) is 6.46. The maximum Gasteiger partial charge on any atom is 0.0454 e. The van der Waals surface area contributed by atoms with Gasteiger partial charge in [-0.25, -0.2) is 0 Å². The highest BCUT2D eigenvalue weighted by Crippen LogP contribution is 2.46. The number of nitrogens with one attached hydrogen (secondary N) is 1. The zero-order valence-electron chi connectivity index (χ0n) is 9.85. The van der Waals surface area contributed by atoms with Crippen LogP contribution in [0.3, 0.4) is 0 Å². The molecule has 1 fully saturated rings. The summed E-state index contributed by atoms with van der Waals surface area (Å²) in [5, 5.41) is 5.10. The molecule has 2 unspecified atom stereocenters. The molecule has 1 aromatic rings. The second-order valence-electron chi connectivity index (χ2n) is 5.30. The third-order valence-electron chi connectivity index (χ3n) is 3.39. The summed E-state index contributed by atoms with van der Waals surface area (Å²) in [5.41, 5.74) is 1.51. The molecule has 1 aliphatic carbocycles. The van der Waals surface area contributed by atoms with Crippen LogP contribution in [-0.2, 0) is 0 Å². The predicted octanol–water partition coefficient (Wildman–Crippen LogP) is 4.44. The minimum absolute atomic E-state index is 0.248. The number of hydrogen-bond acceptors (Lipinski definition) is 1. The van der Waals surface area contributed by atoms with Crippen LogP contribution < -0.4 is 5.32 Å². The molecule has 0 amide bonds. The van der Waals surface area contributed by atoms with Crippen molar-refractivity contribution in [3.8, 4) is 0 Å². The Balaban J connectivity index is 2.09. The number of hydrogen-bond donors (Lipinski definition) is 1. The van der Waals surface area contributed by atoms with E-state index in [0.29, 0.717) is 11.5 Å². The quantitative estimate of drug-likeness (QED) is 0.844. The molecule has 0 aromatic heterocycles. The first-order valence-electron chi connectivity index (χ1n) is 5.61. The summed E-state index contributed by atoms with van der Waals surface area (Å²) in [5.74, 6) is 0. The smallest absolute Gasteiger partial charge is 0.0454 e. The molecular formula is C13H17Cl2N. The molecule has 1 nitrogen and oxygen atoms in total. The molecule has 1 aliphatic rings. The van der Waals surface area contributed by atoms with Crippen LogP contribution in [0.2, 0.25) is 10.0 Å². The minimum Gasteiger partial charge on any atom is -0.307 e. The van der Waals surface area contributed by atoms with Crippen molar-refractivity contribution in [2.75, 3.05) is 0 Å². The second-order valence-corrected chi connectivity index (χ2v) is 6.14. The third-order valence-corrected chi connectivity index (χ3v) is 3.97. The van der Waals surface area contributed by atoms with E-state index in [-0.39, 0.29) is 6.04 Å². The summed E-state index contributed by atoms with van der Waals surface area (Å²) in [6.07, 6.45) is 1.23. The van der Waals surface area contributed by atoms with Gasteiger partial charge in [0.25, 0.3) is 0 Å². The Bertz CT molecular complexity index is 401. The van der Waals surface area contributed by atoms with Gasteiger partial charge in [-0.1, -0.05) is 37.0 Å². The van der Waals surface area contributed by atoms with E-state index in [2.05, 4.69) is 26.1 Å². The summed E-state index contributed by atoms with van der Waals surface area (Å²) >= 11 is 12.2. The first-order valence-corrected chi connectivity index (χ1v) is 6.37. The van der Waals surface area contributed by atoms with Crippen LogP contribution in [0.1, 0.15) is 38.8 Å². The standard InChI is InChI=1S/C13H17Cl2N/c1-8(16-12-7-13(12,2)3)10-6-9(14)4-5-11(10)15/h4-6,8,12,16H,7H2,1-3H3. The van der Waals surface area contributed by atoms with Crippen LogP contribution in [0, 0.1) is 5.41 Å². The molecule has 1 N–H and O–H groups in total. The van der Waals surface area contributed by atoms with Crippen molar-refractivity contribution in [2.45, 2.75) is 39.3 Å². The maximum atomic E-state index is 6.17. The Morgan fingerprint density at radius 2 is 2.00 bits per heavy atom. The molecule has 2 rings (SSSR count). The zero-order chi connectivity index (χ0) is 11.9. The number of halogens is 2. The largest absolute Gasteiger partial charge is 0.307 e. The van der Waals surface area contributed by atoms with Crippen molar-refractivity contribution in [1.82, 2.24) is 5.32 Å². The fourth-order valence-electron chi connectivity index (χ4n) is 1.99. The summed E-state index contributed by atoms with van der Waals surface area (Å²) in [4.78, 5) is 0. The fourth-order valence-corrected chi connectivity index (χ4v) is 2.45. The molecule has 1 aromatic carbocycles. The highest BCUT2D eigenvalue weighted by atomic mass is 35.5. The van der Waals surface area contributed by atoms with Gasteiger partial charge in [-0.3, -0.25) is 0 Å². The van der Waals surface area contributed by atoms with Crippen molar-refractivity contribution in [2.24, 2.45) is 5.41 Å². The highest BCUT2D eigenvalue weighted by molar-refractivity contribution is 6.33. The lowest BCUT2D eigenvalue weighted by molar-refractivity contribution is 0.492. The van der Waals surface area contributed by atoms with Crippen LogP contribution in [0.5, 0.6) is 0 Å². The van der Waals surface area contributed by atoms with Gasteiger partial charge >= 0.3 is 0 Å². The summed E-state index contributed by atoms with van der Waals surface area (Å²) in [6.45, 7) is 6.68. The Hall–Kier alpha value is -0.240. The van der Waals surface area contributed by atoms with Crippen LogP contribution >= 0.6 is 23.2 Å². The van der Waals surface area contributed by atoms with Gasteiger partial charge < -0.3 is 5.32 Å². The Labute approximate surface area is 107 Å². The molecule has 0 saturated heterocycles. The Morgan fingerprint density at radius 1 is 1.38 bits per heavy atom. The van der Waals surface area contributed by atoms with E-state index in [9.17, 15) is 0 Å². The van der Waals surface area contributed by atoms with E-state index in [1.165, 1.54) is 6.42 Å². The summed E-state index contributed by atoms with van der Waals surface area (Å²) in [7, 11) is 0. The maximum absolute atomic E-state index is 6.17. The molecule has 16 heavy (non-hydrogen) atoms.